The summed E-state index contributed by atoms with van der Waals surface area (Å²) in [5.74, 6) is 1.54. The predicted molar refractivity (Wildman–Crippen MR) is 110 cm³/mol. The van der Waals surface area contributed by atoms with E-state index in [1.54, 1.807) is 28.3 Å². The molecule has 0 aliphatic carbocycles. The van der Waals surface area contributed by atoms with Crippen molar-refractivity contribution in [2.45, 2.75) is 18.6 Å². The van der Waals surface area contributed by atoms with Crippen molar-refractivity contribution in [1.29, 1.82) is 0 Å². The van der Waals surface area contributed by atoms with E-state index in [0.717, 1.165) is 42.9 Å². The second-order valence-electron chi connectivity index (χ2n) is 6.54. The number of quaternary nitrogens is 1. The molecule has 2 heterocycles. The summed E-state index contributed by atoms with van der Waals surface area (Å²) in [5.41, 5.74) is 1.19. The summed E-state index contributed by atoms with van der Waals surface area (Å²) in [6, 6.07) is 4.05. The summed E-state index contributed by atoms with van der Waals surface area (Å²) in [6.07, 6.45) is 0. The van der Waals surface area contributed by atoms with Gasteiger partial charge in [0.2, 0.25) is 10.9 Å². The lowest BCUT2D eigenvalue weighted by molar-refractivity contribution is -0.663. The van der Waals surface area contributed by atoms with Crippen molar-refractivity contribution in [1.82, 2.24) is 20.1 Å². The molecule has 1 saturated heterocycles. The summed E-state index contributed by atoms with van der Waals surface area (Å²) in [5, 5.41) is 19.1. The molecule has 0 saturated carbocycles. The van der Waals surface area contributed by atoms with E-state index in [9.17, 15) is 9.90 Å². The number of aliphatic carboxylic acids is 1. The second kappa shape index (κ2) is 12.3. The van der Waals surface area contributed by atoms with E-state index >= 15 is 0 Å². The van der Waals surface area contributed by atoms with Gasteiger partial charge in [-0.3, -0.25) is 10.00 Å². The Hall–Kier alpha value is -2.50. The van der Waals surface area contributed by atoms with Gasteiger partial charge in [-0.05, 0) is 24.6 Å². The number of carboxylic acid groups (broad SMARTS) is 1. The standard InChI is InChI=1S/C14H22N2O3.C5H7N3O2S/c1-17-12-8-11(9-13(18-2)14(12)19-3)10-16-6-4-15-5-7-16;1-3-6-5(8-7-3)11-2-4(9)10/h8-9,15H,4-7,10H2,1-3H3;2H2,1H3,(H,9,10)(H,6,7,8). The van der Waals surface area contributed by atoms with E-state index in [0.29, 0.717) is 16.7 Å². The van der Waals surface area contributed by atoms with Gasteiger partial charge in [-0.15, -0.1) is 5.10 Å². The fourth-order valence-corrected chi connectivity index (χ4v) is 3.52. The molecule has 3 N–H and O–H groups in total. The average Bonchev–Trinajstić information content (AvgIpc) is 3.18. The maximum absolute atomic E-state index is 9.98. The molecular weight excluding hydrogens is 410 g/mol. The van der Waals surface area contributed by atoms with Gasteiger partial charge in [0, 0.05) is 25.4 Å². The molecule has 0 bridgehead atoms. The number of benzene rings is 1. The highest BCUT2D eigenvalue weighted by Gasteiger charge is 2.17. The van der Waals surface area contributed by atoms with Crippen molar-refractivity contribution >= 4 is 17.7 Å². The SMILES string of the molecule is COc1cc(CN2CC[NH2+]CC2)cc(OC)c1OC.Cc1nc(SCC(=O)[O-])n[nH]1. The fourth-order valence-electron chi connectivity index (χ4n) is 2.96. The molecule has 30 heavy (non-hydrogen) atoms. The van der Waals surface area contributed by atoms with Gasteiger partial charge in [0.1, 0.15) is 5.82 Å². The number of ether oxygens (including phenoxy) is 3. The van der Waals surface area contributed by atoms with Gasteiger partial charge in [-0.25, -0.2) is 4.98 Å². The largest absolute Gasteiger partial charge is 0.549 e. The number of hydrogen-bond acceptors (Lipinski definition) is 9. The third-order valence-electron chi connectivity index (χ3n) is 4.33. The van der Waals surface area contributed by atoms with Gasteiger partial charge in [-0.2, -0.15) is 0 Å². The summed E-state index contributed by atoms with van der Waals surface area (Å²) in [6.45, 7) is 7.25. The molecule has 0 spiro atoms. The van der Waals surface area contributed by atoms with Gasteiger partial charge < -0.3 is 29.4 Å². The Kier molecular flexibility index (Phi) is 9.71. The van der Waals surface area contributed by atoms with E-state index in [1.165, 1.54) is 18.7 Å². The third kappa shape index (κ3) is 7.39. The molecule has 0 unspecified atom stereocenters. The number of thioether (sulfide) groups is 1. The molecule has 1 aliphatic heterocycles. The van der Waals surface area contributed by atoms with Gasteiger partial charge in [-0.1, -0.05) is 11.8 Å². The Labute approximate surface area is 180 Å². The zero-order valence-corrected chi connectivity index (χ0v) is 18.6. The number of nitrogens with two attached hydrogens (primary N) is 1. The first-order valence-corrected chi connectivity index (χ1v) is 10.5. The number of methoxy groups -OCH3 is 3. The molecule has 166 valence electrons. The third-order valence-corrected chi connectivity index (χ3v) is 5.15. The second-order valence-corrected chi connectivity index (χ2v) is 7.48. The van der Waals surface area contributed by atoms with Gasteiger partial charge >= 0.3 is 0 Å². The van der Waals surface area contributed by atoms with Crippen LogP contribution in [0.3, 0.4) is 0 Å². The molecule has 11 heteroatoms. The van der Waals surface area contributed by atoms with Crippen LogP contribution in [0.1, 0.15) is 11.4 Å². The van der Waals surface area contributed by atoms with Crippen LogP contribution in [0.15, 0.2) is 17.3 Å². The topological polar surface area (TPSA) is 129 Å². The molecule has 0 atom stereocenters. The van der Waals surface area contributed by atoms with Crippen LogP contribution in [0.5, 0.6) is 17.2 Å². The number of rotatable bonds is 8. The molecule has 2 aromatic rings. The lowest BCUT2D eigenvalue weighted by atomic mass is 10.1. The predicted octanol–water partition coefficient (Wildman–Crippen LogP) is -0.953. The summed E-state index contributed by atoms with van der Waals surface area (Å²) < 4.78 is 16.1. The van der Waals surface area contributed by atoms with E-state index in [4.69, 9.17) is 14.2 Å². The summed E-state index contributed by atoms with van der Waals surface area (Å²) >= 11 is 1.03. The first kappa shape index (κ1) is 23.8. The number of nitrogens with zero attached hydrogens (tertiary/aromatic N) is 3. The Bertz CT molecular complexity index is 785. The van der Waals surface area contributed by atoms with Gasteiger partial charge in [0.05, 0.1) is 40.4 Å². The van der Waals surface area contributed by atoms with Crippen LogP contribution >= 0.6 is 11.8 Å². The zero-order chi connectivity index (χ0) is 21.9. The minimum Gasteiger partial charge on any atom is -0.549 e. The molecular formula is C19H29N5O5S. The van der Waals surface area contributed by atoms with Crippen molar-refractivity contribution in [2.24, 2.45) is 0 Å². The van der Waals surface area contributed by atoms with Crippen LogP contribution < -0.4 is 24.6 Å². The number of piperazine rings is 1. The maximum Gasteiger partial charge on any atom is 0.208 e. The highest BCUT2D eigenvalue weighted by atomic mass is 32.2. The van der Waals surface area contributed by atoms with Crippen molar-refractivity contribution in [3.8, 4) is 17.2 Å². The monoisotopic (exact) mass is 439 g/mol. The van der Waals surface area contributed by atoms with Crippen LogP contribution in [-0.2, 0) is 11.3 Å². The number of nitrogens with one attached hydrogen (secondary N) is 1. The first-order chi connectivity index (χ1) is 14.5. The summed E-state index contributed by atoms with van der Waals surface area (Å²) in [4.78, 5) is 16.3. The van der Waals surface area contributed by atoms with E-state index in [1.807, 2.05) is 12.1 Å². The quantitative estimate of drug-likeness (QED) is 0.500. The van der Waals surface area contributed by atoms with Crippen molar-refractivity contribution in [2.75, 3.05) is 53.3 Å². The molecule has 1 aromatic carbocycles. The van der Waals surface area contributed by atoms with Crippen LogP contribution in [0.2, 0.25) is 0 Å². The Morgan fingerprint density at radius 3 is 2.30 bits per heavy atom. The van der Waals surface area contributed by atoms with Crippen LogP contribution in [0, 0.1) is 6.92 Å². The normalized spacial score (nSPS) is 13.9. The van der Waals surface area contributed by atoms with Gasteiger partial charge in [0.15, 0.2) is 11.5 Å². The molecule has 3 rings (SSSR count). The number of aromatic amines is 1. The minimum absolute atomic E-state index is 0.114. The number of H-pyrrole nitrogens is 1. The van der Waals surface area contributed by atoms with E-state index in [-0.39, 0.29) is 5.75 Å². The van der Waals surface area contributed by atoms with E-state index < -0.39 is 5.97 Å². The Morgan fingerprint density at radius 2 is 1.83 bits per heavy atom. The molecule has 1 fully saturated rings. The van der Waals surface area contributed by atoms with Crippen LogP contribution in [0.25, 0.3) is 0 Å². The number of carbonyl (C=O) groups is 1. The lowest BCUT2D eigenvalue weighted by Gasteiger charge is -2.25. The maximum atomic E-state index is 9.98. The van der Waals surface area contributed by atoms with Gasteiger partial charge in [0.25, 0.3) is 0 Å². The number of carboxylic acids is 1. The first-order valence-electron chi connectivity index (χ1n) is 9.51. The molecule has 0 amide bonds. The molecule has 1 aliphatic rings. The Balaban J connectivity index is 0.000000248. The smallest absolute Gasteiger partial charge is 0.208 e. The Morgan fingerprint density at radius 1 is 1.20 bits per heavy atom. The molecule has 0 radical (unpaired) electrons. The van der Waals surface area contributed by atoms with Crippen LogP contribution in [0.4, 0.5) is 0 Å². The highest BCUT2D eigenvalue weighted by Crippen LogP contribution is 2.38. The fraction of sp³-hybridized carbons (Fsp3) is 0.526. The summed E-state index contributed by atoms with van der Waals surface area (Å²) in [7, 11) is 4.92. The molecule has 1 aromatic heterocycles. The zero-order valence-electron chi connectivity index (χ0n) is 17.8. The lowest BCUT2D eigenvalue weighted by Crippen LogP contribution is -2.89. The number of carbonyl (C=O) groups excluding carboxylic acids is 1. The van der Waals surface area contributed by atoms with Crippen molar-refractivity contribution < 1.29 is 29.4 Å². The number of aromatic nitrogens is 3. The number of aryl methyl sites for hydroxylation is 1. The van der Waals surface area contributed by atoms with Crippen molar-refractivity contribution in [3.05, 3.63) is 23.5 Å². The minimum atomic E-state index is -1.11. The number of hydrogen-bond donors (Lipinski definition) is 2. The molecule has 10 nitrogen and oxygen atoms in total. The van der Waals surface area contributed by atoms with Crippen LogP contribution in [-0.4, -0.2) is 79.3 Å². The average molecular weight is 440 g/mol. The van der Waals surface area contributed by atoms with E-state index in [2.05, 4.69) is 25.4 Å². The highest BCUT2D eigenvalue weighted by molar-refractivity contribution is 7.99. The van der Waals surface area contributed by atoms with Crippen molar-refractivity contribution in [3.63, 3.8) is 0 Å².